The van der Waals surface area contributed by atoms with Gasteiger partial charge in [0, 0.05) is 57.1 Å². The number of aromatic nitrogens is 4. The SMILES string of the molecule is C=Cc1c(C)c2cc3nc(c4c5nc(cc6[nH]c(cc1[nH]2)c(C)c6CC)C(C)=C5C(=O)OC(=O)C4)C(CCC(=O)O)[C@@H]3C. The van der Waals surface area contributed by atoms with Crippen molar-refractivity contribution in [2.75, 3.05) is 0 Å². The number of ether oxygens (including phenoxy) is 1. The summed E-state index contributed by atoms with van der Waals surface area (Å²) >= 11 is 0. The van der Waals surface area contributed by atoms with Crippen LogP contribution in [-0.4, -0.2) is 43.0 Å². The summed E-state index contributed by atoms with van der Waals surface area (Å²) in [6.45, 7) is 14.1. The average molecular weight is 579 g/mol. The maximum absolute atomic E-state index is 13.2. The first-order valence-electron chi connectivity index (χ1n) is 14.6. The summed E-state index contributed by atoms with van der Waals surface area (Å²) in [6, 6.07) is 6.02. The maximum Gasteiger partial charge on any atom is 0.348 e. The van der Waals surface area contributed by atoms with Gasteiger partial charge in [0.2, 0.25) is 0 Å². The molecule has 3 aromatic heterocycles. The molecule has 0 aliphatic carbocycles. The minimum absolute atomic E-state index is 0.0628. The summed E-state index contributed by atoms with van der Waals surface area (Å²) in [5, 5.41) is 9.55. The number of hydrogen-bond acceptors (Lipinski definition) is 6. The number of allylic oxidation sites excluding steroid dienone is 1. The maximum atomic E-state index is 13.2. The molecule has 0 spiro atoms. The molecule has 0 saturated heterocycles. The lowest BCUT2D eigenvalue weighted by atomic mass is 9.84. The second-order valence-electron chi connectivity index (χ2n) is 11.5. The third-order valence-corrected chi connectivity index (χ3v) is 9.13. The van der Waals surface area contributed by atoms with E-state index in [1.165, 1.54) is 0 Å². The molecular formula is C34H34N4O5. The highest BCUT2D eigenvalue weighted by Crippen LogP contribution is 2.44. The van der Waals surface area contributed by atoms with Gasteiger partial charge in [-0.2, -0.15) is 0 Å². The number of rotatable bonds is 5. The summed E-state index contributed by atoms with van der Waals surface area (Å²) in [4.78, 5) is 54.9. The monoisotopic (exact) mass is 578 g/mol. The molecular weight excluding hydrogens is 544 g/mol. The molecule has 6 heterocycles. The van der Waals surface area contributed by atoms with E-state index < -0.39 is 17.9 Å². The summed E-state index contributed by atoms with van der Waals surface area (Å²) < 4.78 is 5.22. The quantitative estimate of drug-likeness (QED) is 0.234. The van der Waals surface area contributed by atoms with Crippen molar-refractivity contribution in [3.8, 4) is 0 Å². The summed E-state index contributed by atoms with van der Waals surface area (Å²) in [7, 11) is 0. The average Bonchev–Trinajstić information content (AvgIpc) is 3.61. The molecule has 0 aromatic carbocycles. The van der Waals surface area contributed by atoms with Crippen LogP contribution in [0.4, 0.5) is 0 Å². The Hall–Kier alpha value is -4.79. The number of aromatic amines is 2. The topological polar surface area (TPSA) is 138 Å². The number of carboxylic acid groups (broad SMARTS) is 1. The number of aryl methyl sites for hydroxylation is 3. The van der Waals surface area contributed by atoms with Crippen LogP contribution in [0, 0.1) is 13.8 Å². The Bertz CT molecular complexity index is 1960. The van der Waals surface area contributed by atoms with E-state index in [1.54, 1.807) is 6.92 Å². The Balaban J connectivity index is 1.82. The Morgan fingerprint density at radius 1 is 1.07 bits per heavy atom. The normalized spacial score (nSPS) is 18.1. The summed E-state index contributed by atoms with van der Waals surface area (Å²) in [6.07, 6.45) is 2.69. The van der Waals surface area contributed by atoms with Crippen LogP contribution in [0.15, 0.2) is 24.8 Å². The van der Waals surface area contributed by atoms with Crippen molar-refractivity contribution < 1.29 is 24.2 Å². The number of esters is 2. The number of nitrogens with one attached hydrogen (secondary N) is 2. The van der Waals surface area contributed by atoms with E-state index in [-0.39, 0.29) is 30.3 Å². The number of carboxylic acids is 1. The summed E-state index contributed by atoms with van der Waals surface area (Å²) in [5.74, 6) is -2.78. The number of fused-ring (bicyclic) bond motifs is 8. The number of aliphatic carboxylic acids is 1. The van der Waals surface area contributed by atoms with Crippen molar-refractivity contribution in [1.82, 2.24) is 19.9 Å². The predicted molar refractivity (Wildman–Crippen MR) is 165 cm³/mol. The number of cyclic esters (lactones) is 2. The molecule has 9 heteroatoms. The molecule has 0 amide bonds. The zero-order valence-electron chi connectivity index (χ0n) is 25.0. The number of nitrogens with zero attached hydrogens (tertiary/aromatic N) is 2. The third-order valence-electron chi connectivity index (χ3n) is 9.13. The van der Waals surface area contributed by atoms with Gasteiger partial charge in [-0.1, -0.05) is 26.5 Å². The Morgan fingerprint density at radius 3 is 2.49 bits per heavy atom. The highest BCUT2D eigenvalue weighted by atomic mass is 16.6. The van der Waals surface area contributed by atoms with Crippen LogP contribution >= 0.6 is 0 Å². The minimum Gasteiger partial charge on any atom is -0.481 e. The van der Waals surface area contributed by atoms with Crippen molar-refractivity contribution in [1.29, 1.82) is 0 Å². The number of carbonyl (C=O) groups is 3. The predicted octanol–water partition coefficient (Wildman–Crippen LogP) is 6.45. The van der Waals surface area contributed by atoms with Gasteiger partial charge < -0.3 is 19.8 Å². The van der Waals surface area contributed by atoms with Gasteiger partial charge in [0.05, 0.1) is 29.1 Å². The Labute approximate surface area is 248 Å². The molecule has 43 heavy (non-hydrogen) atoms. The van der Waals surface area contributed by atoms with Crippen LogP contribution in [-0.2, 0) is 32.0 Å². The first-order valence-corrected chi connectivity index (χ1v) is 14.6. The highest BCUT2D eigenvalue weighted by molar-refractivity contribution is 6.28. The fourth-order valence-electron chi connectivity index (χ4n) is 6.70. The molecule has 3 N–H and O–H groups in total. The fraction of sp³-hybridized carbons (Fsp3) is 0.324. The van der Waals surface area contributed by atoms with Crippen LogP contribution in [0.25, 0.3) is 39.3 Å². The smallest absolute Gasteiger partial charge is 0.348 e. The van der Waals surface area contributed by atoms with Crippen LogP contribution in [0.2, 0.25) is 0 Å². The van der Waals surface area contributed by atoms with E-state index in [1.807, 2.05) is 32.1 Å². The number of H-pyrrole nitrogens is 2. The van der Waals surface area contributed by atoms with Crippen molar-refractivity contribution >= 4 is 57.2 Å². The Morgan fingerprint density at radius 2 is 1.79 bits per heavy atom. The number of carbonyl (C=O) groups excluding carboxylic acids is 2. The lowest BCUT2D eigenvalue weighted by Crippen LogP contribution is -2.12. The standard InChI is InChI=1S/C34H34N4O5/c1-7-19-15(3)23-12-25-17(5)21(9-10-29(39)40)32(37-25)22-11-30(41)43-34(42)31-18(6)26(38-33(22)31)14-28-20(8-2)16(4)24(36-28)13-27(19)35-23/h7,12-14,17,21,35-36H,1,8-11H2,2-6H3,(H,39,40)/t17-,21?/m0/s1. The van der Waals surface area contributed by atoms with Gasteiger partial charge in [-0.25, -0.2) is 9.78 Å². The van der Waals surface area contributed by atoms with Gasteiger partial charge in [-0.05, 0) is 74.1 Å². The molecule has 1 unspecified atom stereocenters. The molecule has 0 radical (unpaired) electrons. The molecule has 8 bridgehead atoms. The molecule has 3 aromatic rings. The molecule has 6 rings (SSSR count). The first kappa shape index (κ1) is 28.3. The van der Waals surface area contributed by atoms with E-state index >= 15 is 0 Å². The van der Waals surface area contributed by atoms with Crippen molar-refractivity contribution in [3.63, 3.8) is 0 Å². The zero-order chi connectivity index (χ0) is 30.7. The van der Waals surface area contributed by atoms with E-state index in [0.717, 1.165) is 56.4 Å². The fourth-order valence-corrected chi connectivity index (χ4v) is 6.70. The molecule has 9 nitrogen and oxygen atoms in total. The van der Waals surface area contributed by atoms with Gasteiger partial charge in [0.1, 0.15) is 0 Å². The van der Waals surface area contributed by atoms with Crippen molar-refractivity contribution in [2.24, 2.45) is 0 Å². The van der Waals surface area contributed by atoms with Gasteiger partial charge in [-0.15, -0.1) is 0 Å². The van der Waals surface area contributed by atoms with Crippen LogP contribution < -0.4 is 0 Å². The van der Waals surface area contributed by atoms with Crippen LogP contribution in [0.1, 0.15) is 96.0 Å². The minimum atomic E-state index is -0.911. The Kier molecular flexibility index (Phi) is 6.91. The van der Waals surface area contributed by atoms with Crippen molar-refractivity contribution in [2.45, 2.75) is 72.1 Å². The molecule has 220 valence electrons. The van der Waals surface area contributed by atoms with Gasteiger partial charge in [0.15, 0.2) is 0 Å². The number of hydrogen-bond donors (Lipinski definition) is 3. The van der Waals surface area contributed by atoms with Crippen LogP contribution in [0.3, 0.4) is 0 Å². The second-order valence-corrected chi connectivity index (χ2v) is 11.5. The lowest BCUT2D eigenvalue weighted by Gasteiger charge is -2.17. The van der Waals surface area contributed by atoms with Gasteiger partial charge in [0.25, 0.3) is 0 Å². The highest BCUT2D eigenvalue weighted by Gasteiger charge is 2.38. The second kappa shape index (κ2) is 10.5. The lowest BCUT2D eigenvalue weighted by molar-refractivity contribution is -0.154. The molecule has 2 atom stereocenters. The molecule has 0 saturated carbocycles. The van der Waals surface area contributed by atoms with E-state index in [2.05, 4.69) is 36.5 Å². The largest absolute Gasteiger partial charge is 0.481 e. The third kappa shape index (κ3) is 4.59. The van der Waals surface area contributed by atoms with Gasteiger partial charge in [-0.3, -0.25) is 14.6 Å². The van der Waals surface area contributed by atoms with Gasteiger partial charge >= 0.3 is 17.9 Å². The molecule has 3 aliphatic rings. The van der Waals surface area contributed by atoms with E-state index in [9.17, 15) is 19.5 Å². The van der Waals surface area contributed by atoms with Crippen LogP contribution in [0.5, 0.6) is 0 Å². The zero-order valence-corrected chi connectivity index (χ0v) is 25.0. The van der Waals surface area contributed by atoms with E-state index in [0.29, 0.717) is 34.6 Å². The molecule has 3 aliphatic heterocycles. The van der Waals surface area contributed by atoms with Crippen molar-refractivity contribution in [3.05, 3.63) is 75.4 Å². The first-order chi connectivity index (χ1) is 20.5. The molecule has 0 fully saturated rings. The van der Waals surface area contributed by atoms with E-state index in [4.69, 9.17) is 14.7 Å². The summed E-state index contributed by atoms with van der Waals surface area (Å²) in [5.41, 5.74) is 11.5.